The lowest BCUT2D eigenvalue weighted by molar-refractivity contribution is -0.117. The Bertz CT molecular complexity index is 780. The average Bonchev–Trinajstić information content (AvgIpc) is 2.64. The molecule has 0 bridgehead atoms. The number of hydrogen-bond acceptors (Lipinski definition) is 4. The number of nitrogens with one attached hydrogen (secondary N) is 2. The Kier molecular flexibility index (Phi) is 6.16. The van der Waals surface area contributed by atoms with Crippen LogP contribution in [0.2, 0.25) is 0 Å². The first-order chi connectivity index (χ1) is 12.0. The third kappa shape index (κ3) is 5.10. The molecule has 2 rings (SSSR count). The molecule has 0 atom stereocenters. The van der Waals surface area contributed by atoms with Crippen LogP contribution in [-0.4, -0.2) is 23.9 Å². The lowest BCUT2D eigenvalue weighted by Crippen LogP contribution is -2.40. The lowest BCUT2D eigenvalue weighted by Gasteiger charge is -2.08. The van der Waals surface area contributed by atoms with Crippen molar-refractivity contribution in [3.63, 3.8) is 0 Å². The van der Waals surface area contributed by atoms with E-state index < -0.39 is 18.2 Å². The maximum Gasteiger partial charge on any atom is 0.269 e. The predicted molar refractivity (Wildman–Crippen MR) is 86.8 cm³/mol. The molecule has 1 heterocycles. The summed E-state index contributed by atoms with van der Waals surface area (Å²) in [6.45, 7) is 0. The van der Waals surface area contributed by atoms with Crippen LogP contribution in [0.1, 0.15) is 27.9 Å². The number of alkyl halides is 2. The Hall–Kier alpha value is -3.29. The van der Waals surface area contributed by atoms with Crippen molar-refractivity contribution in [2.24, 2.45) is 0 Å². The molecule has 1 aromatic carbocycles. The van der Waals surface area contributed by atoms with Crippen LogP contribution < -0.4 is 15.6 Å². The fourth-order valence-electron chi connectivity index (χ4n) is 1.93. The maximum absolute atomic E-state index is 12.9. The summed E-state index contributed by atoms with van der Waals surface area (Å²) in [4.78, 5) is 27.2. The molecular formula is C17H15F2N3O3. The van der Waals surface area contributed by atoms with Crippen LogP contribution in [0.4, 0.5) is 8.78 Å². The number of pyridine rings is 1. The minimum Gasteiger partial charge on any atom is -0.496 e. The average molecular weight is 347 g/mol. The topological polar surface area (TPSA) is 80.3 Å². The highest BCUT2D eigenvalue weighted by Crippen LogP contribution is 2.29. The van der Waals surface area contributed by atoms with Gasteiger partial charge in [-0.05, 0) is 35.9 Å². The van der Waals surface area contributed by atoms with Crippen LogP contribution in [0.15, 0.2) is 48.8 Å². The van der Waals surface area contributed by atoms with Crippen LogP contribution >= 0.6 is 0 Å². The minimum atomic E-state index is -2.70. The van der Waals surface area contributed by atoms with Crippen molar-refractivity contribution in [2.75, 3.05) is 7.11 Å². The van der Waals surface area contributed by atoms with E-state index in [9.17, 15) is 18.4 Å². The van der Waals surface area contributed by atoms with E-state index in [4.69, 9.17) is 4.74 Å². The van der Waals surface area contributed by atoms with Crippen molar-refractivity contribution in [1.29, 1.82) is 0 Å². The first-order valence-electron chi connectivity index (χ1n) is 7.15. The van der Waals surface area contributed by atoms with E-state index in [-0.39, 0.29) is 11.3 Å². The molecule has 0 aliphatic carbocycles. The SMILES string of the molecule is COc1ccc(/C=C/C(=O)NNC(=O)c2ccncc2)cc1C(F)F. The molecule has 130 valence electrons. The second-order valence-electron chi connectivity index (χ2n) is 4.81. The number of carbonyl (C=O) groups excluding carboxylic acids is 2. The van der Waals surface area contributed by atoms with E-state index in [2.05, 4.69) is 15.8 Å². The molecule has 0 radical (unpaired) electrons. The second-order valence-corrected chi connectivity index (χ2v) is 4.81. The van der Waals surface area contributed by atoms with Gasteiger partial charge in [-0.1, -0.05) is 6.07 Å². The number of rotatable bonds is 5. The number of hydrazine groups is 1. The number of ether oxygens (including phenoxy) is 1. The molecule has 0 aliphatic rings. The van der Waals surface area contributed by atoms with Crippen LogP contribution in [0, 0.1) is 0 Å². The van der Waals surface area contributed by atoms with Gasteiger partial charge in [0.2, 0.25) is 0 Å². The summed E-state index contributed by atoms with van der Waals surface area (Å²) in [5.74, 6) is -1.05. The number of hydrogen-bond donors (Lipinski definition) is 2. The number of nitrogens with zero attached hydrogens (tertiary/aromatic N) is 1. The molecule has 0 saturated carbocycles. The normalized spacial score (nSPS) is 10.7. The number of amides is 2. The molecule has 0 aliphatic heterocycles. The number of methoxy groups -OCH3 is 1. The number of halogens is 2. The molecule has 2 N–H and O–H groups in total. The van der Waals surface area contributed by atoms with Crippen LogP contribution in [0.3, 0.4) is 0 Å². The largest absolute Gasteiger partial charge is 0.496 e. The van der Waals surface area contributed by atoms with E-state index >= 15 is 0 Å². The van der Waals surface area contributed by atoms with E-state index in [1.165, 1.54) is 55.9 Å². The molecule has 6 nitrogen and oxygen atoms in total. The van der Waals surface area contributed by atoms with Crippen LogP contribution in [0.5, 0.6) is 5.75 Å². The van der Waals surface area contributed by atoms with Crippen molar-refractivity contribution in [2.45, 2.75) is 6.43 Å². The molecule has 0 unspecified atom stereocenters. The summed E-state index contributed by atoms with van der Waals surface area (Å²) >= 11 is 0. The monoisotopic (exact) mass is 347 g/mol. The van der Waals surface area contributed by atoms with Gasteiger partial charge in [-0.3, -0.25) is 25.4 Å². The van der Waals surface area contributed by atoms with Gasteiger partial charge in [0.15, 0.2) is 0 Å². The van der Waals surface area contributed by atoms with Gasteiger partial charge in [-0.15, -0.1) is 0 Å². The smallest absolute Gasteiger partial charge is 0.269 e. The first-order valence-corrected chi connectivity index (χ1v) is 7.15. The zero-order chi connectivity index (χ0) is 18.2. The molecule has 0 saturated heterocycles. The van der Waals surface area contributed by atoms with Gasteiger partial charge in [-0.25, -0.2) is 8.78 Å². The third-order valence-corrected chi connectivity index (χ3v) is 3.16. The van der Waals surface area contributed by atoms with Crippen molar-refractivity contribution < 1.29 is 23.1 Å². The van der Waals surface area contributed by atoms with E-state index in [0.29, 0.717) is 11.1 Å². The minimum absolute atomic E-state index is 0.0706. The van der Waals surface area contributed by atoms with Gasteiger partial charge < -0.3 is 4.74 Å². The Morgan fingerprint density at radius 1 is 1.16 bits per heavy atom. The molecule has 0 fully saturated rings. The fourth-order valence-corrected chi connectivity index (χ4v) is 1.93. The summed E-state index contributed by atoms with van der Waals surface area (Å²) < 4.78 is 30.7. The van der Waals surface area contributed by atoms with Crippen molar-refractivity contribution in [3.8, 4) is 5.75 Å². The zero-order valence-corrected chi connectivity index (χ0v) is 13.2. The summed E-state index contributed by atoms with van der Waals surface area (Å²) in [5.41, 5.74) is 4.88. The van der Waals surface area contributed by atoms with Crippen molar-refractivity contribution in [3.05, 3.63) is 65.5 Å². The fraction of sp³-hybridized carbons (Fsp3) is 0.118. The van der Waals surface area contributed by atoms with Gasteiger partial charge >= 0.3 is 0 Å². The Labute approximate surface area is 142 Å². The molecule has 25 heavy (non-hydrogen) atoms. The Balaban J connectivity index is 1.96. The highest BCUT2D eigenvalue weighted by atomic mass is 19.3. The number of aromatic nitrogens is 1. The van der Waals surface area contributed by atoms with Crippen LogP contribution in [0.25, 0.3) is 6.08 Å². The van der Waals surface area contributed by atoms with Gasteiger partial charge in [0.25, 0.3) is 18.2 Å². The highest BCUT2D eigenvalue weighted by Gasteiger charge is 2.13. The van der Waals surface area contributed by atoms with Gasteiger partial charge in [0.05, 0.1) is 12.7 Å². The molecule has 2 amide bonds. The summed E-state index contributed by atoms with van der Waals surface area (Å²) in [7, 11) is 1.30. The molecule has 2 aromatic rings. The Morgan fingerprint density at radius 2 is 1.88 bits per heavy atom. The second kappa shape index (κ2) is 8.53. The summed E-state index contributed by atoms with van der Waals surface area (Å²) in [5, 5.41) is 0. The van der Waals surface area contributed by atoms with E-state index in [0.717, 1.165) is 6.08 Å². The Morgan fingerprint density at radius 3 is 2.52 bits per heavy atom. The standard InChI is InChI=1S/C17H15F2N3O3/c1-25-14-4-2-11(10-13(14)16(18)19)3-5-15(23)21-22-17(24)12-6-8-20-9-7-12/h2-10,16H,1H3,(H,21,23)(H,22,24)/b5-3+. The van der Waals surface area contributed by atoms with Gasteiger partial charge in [0, 0.05) is 24.0 Å². The lowest BCUT2D eigenvalue weighted by atomic mass is 10.1. The first kappa shape index (κ1) is 18.1. The number of carbonyl (C=O) groups is 2. The predicted octanol–water partition coefficient (Wildman–Crippen LogP) is 2.50. The van der Waals surface area contributed by atoms with Gasteiger partial charge in [-0.2, -0.15) is 0 Å². The zero-order valence-electron chi connectivity index (χ0n) is 13.2. The van der Waals surface area contributed by atoms with E-state index in [1.54, 1.807) is 0 Å². The van der Waals surface area contributed by atoms with E-state index in [1.807, 2.05) is 0 Å². The molecular weight excluding hydrogens is 332 g/mol. The van der Waals surface area contributed by atoms with Crippen molar-refractivity contribution in [1.82, 2.24) is 15.8 Å². The molecule has 1 aromatic heterocycles. The molecule has 8 heteroatoms. The number of benzene rings is 1. The summed E-state index contributed by atoms with van der Waals surface area (Å²) in [6.07, 6.45) is 2.65. The van der Waals surface area contributed by atoms with Crippen molar-refractivity contribution >= 4 is 17.9 Å². The van der Waals surface area contributed by atoms with Gasteiger partial charge in [0.1, 0.15) is 5.75 Å². The maximum atomic E-state index is 12.9. The summed E-state index contributed by atoms with van der Waals surface area (Å²) in [6, 6.07) is 7.12. The highest BCUT2D eigenvalue weighted by molar-refractivity contribution is 5.97. The quantitative estimate of drug-likeness (QED) is 0.643. The molecule has 0 spiro atoms. The third-order valence-electron chi connectivity index (χ3n) is 3.16. The van der Waals surface area contributed by atoms with Crippen LogP contribution in [-0.2, 0) is 4.79 Å².